The lowest BCUT2D eigenvalue weighted by atomic mass is 9.62. The Kier molecular flexibility index (Phi) is 3.04. The van der Waals surface area contributed by atoms with E-state index in [1.165, 1.54) is 25.7 Å². The standard InChI is InChI=1S/C14H25BO3/c1-13(2)14(3,4)18-15(17-13)11-9-16-12-8-6-5-7-10(11)12/h10-12H,5-9H2,1-4H3. The zero-order chi connectivity index (χ0) is 13.0. The Balaban J connectivity index is 1.73. The van der Waals surface area contributed by atoms with Crippen LogP contribution in [0, 0.1) is 5.92 Å². The molecule has 3 aliphatic rings. The Labute approximate surface area is 111 Å². The quantitative estimate of drug-likeness (QED) is 0.671. The molecular weight excluding hydrogens is 227 g/mol. The summed E-state index contributed by atoms with van der Waals surface area (Å²) in [6.45, 7) is 9.32. The van der Waals surface area contributed by atoms with Crippen LogP contribution in [0.2, 0.25) is 5.82 Å². The van der Waals surface area contributed by atoms with Crippen molar-refractivity contribution in [2.75, 3.05) is 6.61 Å². The minimum Gasteiger partial charge on any atom is -0.403 e. The monoisotopic (exact) mass is 252 g/mol. The van der Waals surface area contributed by atoms with Crippen molar-refractivity contribution >= 4 is 7.12 Å². The number of rotatable bonds is 1. The SMILES string of the molecule is CC1(C)OB(C2COC3CCCCC32)OC1(C)C. The molecule has 0 aromatic carbocycles. The van der Waals surface area contributed by atoms with E-state index in [2.05, 4.69) is 27.7 Å². The number of hydrogen-bond donors (Lipinski definition) is 0. The minimum absolute atomic E-state index is 0.0805. The maximum atomic E-state index is 6.19. The second-order valence-corrected chi connectivity index (χ2v) is 7.11. The van der Waals surface area contributed by atoms with Crippen LogP contribution in [0.3, 0.4) is 0 Å². The second kappa shape index (κ2) is 4.22. The summed E-state index contributed by atoms with van der Waals surface area (Å²) in [6.07, 6.45) is 5.61. The molecule has 2 heterocycles. The van der Waals surface area contributed by atoms with Gasteiger partial charge in [-0.2, -0.15) is 0 Å². The van der Waals surface area contributed by atoms with E-state index in [1.807, 2.05) is 0 Å². The van der Waals surface area contributed by atoms with E-state index in [9.17, 15) is 0 Å². The highest BCUT2D eigenvalue weighted by molar-refractivity contribution is 6.47. The smallest absolute Gasteiger partial charge is 0.403 e. The predicted octanol–water partition coefficient (Wildman–Crippen LogP) is 3.04. The Bertz CT molecular complexity index is 313. The van der Waals surface area contributed by atoms with Gasteiger partial charge in [-0.3, -0.25) is 0 Å². The fourth-order valence-electron chi connectivity index (χ4n) is 3.52. The van der Waals surface area contributed by atoms with E-state index in [0.29, 0.717) is 17.8 Å². The zero-order valence-corrected chi connectivity index (χ0v) is 12.1. The summed E-state index contributed by atoms with van der Waals surface area (Å²) < 4.78 is 18.3. The van der Waals surface area contributed by atoms with Gasteiger partial charge in [0.1, 0.15) is 0 Å². The molecule has 3 nitrogen and oxygen atoms in total. The van der Waals surface area contributed by atoms with Crippen molar-refractivity contribution in [2.24, 2.45) is 5.92 Å². The fraction of sp³-hybridized carbons (Fsp3) is 1.00. The van der Waals surface area contributed by atoms with Gasteiger partial charge in [0.15, 0.2) is 0 Å². The van der Waals surface area contributed by atoms with Gasteiger partial charge in [0.05, 0.1) is 17.3 Å². The topological polar surface area (TPSA) is 27.7 Å². The average Bonchev–Trinajstić information content (AvgIpc) is 2.78. The molecule has 0 spiro atoms. The van der Waals surface area contributed by atoms with Crippen LogP contribution in [0.15, 0.2) is 0 Å². The molecule has 3 fully saturated rings. The lowest BCUT2D eigenvalue weighted by molar-refractivity contribution is 0.00578. The molecule has 1 aliphatic carbocycles. The molecule has 0 amide bonds. The van der Waals surface area contributed by atoms with Crippen molar-refractivity contribution in [2.45, 2.75) is 76.5 Å². The molecule has 0 aromatic rings. The summed E-state index contributed by atoms with van der Waals surface area (Å²) in [5, 5.41) is 0. The van der Waals surface area contributed by atoms with E-state index in [4.69, 9.17) is 14.0 Å². The Morgan fingerprint density at radius 2 is 1.56 bits per heavy atom. The van der Waals surface area contributed by atoms with E-state index in [1.54, 1.807) is 0 Å². The first kappa shape index (κ1) is 13.0. The third-order valence-electron chi connectivity index (χ3n) is 5.43. The average molecular weight is 252 g/mol. The number of ether oxygens (including phenoxy) is 1. The normalized spacial score (nSPS) is 42.0. The highest BCUT2D eigenvalue weighted by atomic mass is 16.7. The number of hydrogen-bond acceptors (Lipinski definition) is 3. The lowest BCUT2D eigenvalue weighted by Gasteiger charge is -2.32. The van der Waals surface area contributed by atoms with Gasteiger partial charge in [0.25, 0.3) is 0 Å². The van der Waals surface area contributed by atoms with E-state index in [0.717, 1.165) is 6.61 Å². The maximum Gasteiger partial charge on any atom is 0.463 e. The zero-order valence-electron chi connectivity index (χ0n) is 12.1. The maximum absolute atomic E-state index is 6.19. The molecule has 4 heteroatoms. The molecule has 3 unspecified atom stereocenters. The molecule has 0 radical (unpaired) electrons. The summed E-state index contributed by atoms with van der Waals surface area (Å²) in [4.78, 5) is 0. The van der Waals surface area contributed by atoms with Crippen LogP contribution in [-0.4, -0.2) is 31.0 Å². The molecule has 3 atom stereocenters. The highest BCUT2D eigenvalue weighted by Crippen LogP contribution is 2.48. The third kappa shape index (κ3) is 1.93. The molecule has 2 saturated heterocycles. The van der Waals surface area contributed by atoms with Crippen molar-refractivity contribution in [1.29, 1.82) is 0 Å². The molecule has 18 heavy (non-hydrogen) atoms. The van der Waals surface area contributed by atoms with Gasteiger partial charge in [-0.25, -0.2) is 0 Å². The van der Waals surface area contributed by atoms with Gasteiger partial charge < -0.3 is 14.0 Å². The molecule has 3 rings (SSSR count). The van der Waals surface area contributed by atoms with Crippen LogP contribution in [0.1, 0.15) is 53.4 Å². The highest BCUT2D eigenvalue weighted by Gasteiger charge is 2.57. The van der Waals surface area contributed by atoms with Crippen LogP contribution >= 0.6 is 0 Å². The van der Waals surface area contributed by atoms with Gasteiger partial charge >= 0.3 is 7.12 Å². The van der Waals surface area contributed by atoms with Crippen LogP contribution < -0.4 is 0 Å². The Hall–Kier alpha value is -0.0551. The summed E-state index contributed by atoms with van der Waals surface area (Å²) >= 11 is 0. The summed E-state index contributed by atoms with van der Waals surface area (Å²) in [7, 11) is -0.0805. The summed E-state index contributed by atoms with van der Waals surface area (Å²) in [5.41, 5.74) is -0.436. The summed E-state index contributed by atoms with van der Waals surface area (Å²) in [5.74, 6) is 1.07. The van der Waals surface area contributed by atoms with Crippen molar-refractivity contribution in [1.82, 2.24) is 0 Å². The van der Waals surface area contributed by atoms with Gasteiger partial charge in [-0.1, -0.05) is 12.8 Å². The Morgan fingerprint density at radius 3 is 2.22 bits per heavy atom. The van der Waals surface area contributed by atoms with Gasteiger partial charge in [0.2, 0.25) is 0 Å². The van der Waals surface area contributed by atoms with Crippen molar-refractivity contribution in [3.05, 3.63) is 0 Å². The second-order valence-electron chi connectivity index (χ2n) is 7.11. The van der Waals surface area contributed by atoms with E-state index in [-0.39, 0.29) is 18.3 Å². The van der Waals surface area contributed by atoms with Crippen LogP contribution in [-0.2, 0) is 14.0 Å². The van der Waals surface area contributed by atoms with Crippen LogP contribution in [0.25, 0.3) is 0 Å². The molecule has 0 bridgehead atoms. The molecule has 0 N–H and O–H groups in total. The van der Waals surface area contributed by atoms with Crippen LogP contribution in [0.4, 0.5) is 0 Å². The van der Waals surface area contributed by atoms with Gasteiger partial charge in [-0.05, 0) is 46.5 Å². The van der Waals surface area contributed by atoms with Crippen molar-refractivity contribution in [3.63, 3.8) is 0 Å². The van der Waals surface area contributed by atoms with Gasteiger partial charge in [-0.15, -0.1) is 0 Å². The van der Waals surface area contributed by atoms with E-state index < -0.39 is 0 Å². The molecule has 0 aromatic heterocycles. The first-order chi connectivity index (χ1) is 8.41. The predicted molar refractivity (Wildman–Crippen MR) is 71.5 cm³/mol. The van der Waals surface area contributed by atoms with Crippen molar-refractivity contribution < 1.29 is 14.0 Å². The first-order valence-corrected chi connectivity index (χ1v) is 7.38. The fourth-order valence-corrected chi connectivity index (χ4v) is 3.52. The van der Waals surface area contributed by atoms with Crippen LogP contribution in [0.5, 0.6) is 0 Å². The van der Waals surface area contributed by atoms with E-state index >= 15 is 0 Å². The molecular formula is C14H25BO3. The van der Waals surface area contributed by atoms with Crippen molar-refractivity contribution in [3.8, 4) is 0 Å². The number of fused-ring (bicyclic) bond motifs is 1. The van der Waals surface area contributed by atoms with Gasteiger partial charge in [0, 0.05) is 12.4 Å². The largest absolute Gasteiger partial charge is 0.463 e. The lowest BCUT2D eigenvalue weighted by Crippen LogP contribution is -2.41. The molecule has 2 aliphatic heterocycles. The molecule has 1 saturated carbocycles. The minimum atomic E-state index is -0.218. The first-order valence-electron chi connectivity index (χ1n) is 7.38. The molecule has 102 valence electrons. The Morgan fingerprint density at radius 1 is 0.944 bits per heavy atom. The third-order valence-corrected chi connectivity index (χ3v) is 5.43. The summed E-state index contributed by atoms with van der Waals surface area (Å²) in [6, 6.07) is 0.